The van der Waals surface area contributed by atoms with Crippen molar-refractivity contribution in [1.29, 1.82) is 0 Å². The van der Waals surface area contributed by atoms with E-state index >= 15 is 4.39 Å². The molecule has 1 N–H and O–H groups in total. The van der Waals surface area contributed by atoms with Crippen LogP contribution >= 0.6 is 11.3 Å². The van der Waals surface area contributed by atoms with E-state index < -0.39 is 17.7 Å². The van der Waals surface area contributed by atoms with Crippen LogP contribution in [-0.4, -0.2) is 60.1 Å². The molecule has 6 aromatic rings. The molecule has 0 saturated heterocycles. The minimum atomic E-state index is -0.874. The lowest BCUT2D eigenvalue weighted by atomic mass is 9.96. The zero-order valence-electron chi connectivity index (χ0n) is 24.9. The quantitative estimate of drug-likeness (QED) is 0.197. The monoisotopic (exact) mass is 638 g/mol. The molecular weight excluding hydrogens is 610 g/mol. The molecule has 12 heteroatoms. The number of halogens is 2. The van der Waals surface area contributed by atoms with Gasteiger partial charge < -0.3 is 14.7 Å². The van der Waals surface area contributed by atoms with Crippen molar-refractivity contribution in [3.8, 4) is 39.5 Å². The van der Waals surface area contributed by atoms with Crippen LogP contribution in [0.2, 0.25) is 0 Å². The number of benzene rings is 2. The maximum Gasteiger partial charge on any atom is 0.246 e. The van der Waals surface area contributed by atoms with E-state index in [0.29, 0.717) is 40.4 Å². The summed E-state index contributed by atoms with van der Waals surface area (Å²) in [5.41, 5.74) is 3.46. The van der Waals surface area contributed by atoms with Crippen molar-refractivity contribution >= 4 is 38.1 Å². The average Bonchev–Trinajstić information content (AvgIpc) is 3.71. The van der Waals surface area contributed by atoms with Gasteiger partial charge in [0.25, 0.3) is 0 Å². The molecule has 4 aromatic heterocycles. The van der Waals surface area contributed by atoms with Crippen molar-refractivity contribution in [2.45, 2.75) is 32.5 Å². The lowest BCUT2D eigenvalue weighted by Gasteiger charge is -2.33. The molecule has 1 aliphatic heterocycles. The fourth-order valence-corrected chi connectivity index (χ4v) is 6.91. The lowest BCUT2D eigenvalue weighted by Crippen LogP contribution is -2.40. The van der Waals surface area contributed by atoms with Crippen molar-refractivity contribution in [3.05, 3.63) is 90.2 Å². The molecule has 1 amide bonds. The predicted molar refractivity (Wildman–Crippen MR) is 172 cm³/mol. The SMILES string of the molecule is C=CC(=O)N1CCn2nc(-c3nc(-c4ccc5cnncc5c4)c4ccsc4c3-c3c(F)cc(F)cc3OCC(C)O)cc2C1C. The molecule has 0 fully saturated rings. The molecule has 0 radical (unpaired) electrons. The highest BCUT2D eigenvalue weighted by Crippen LogP contribution is 2.47. The van der Waals surface area contributed by atoms with E-state index in [0.717, 1.165) is 39.5 Å². The van der Waals surface area contributed by atoms with Gasteiger partial charge in [-0.25, -0.2) is 13.8 Å². The van der Waals surface area contributed by atoms with E-state index in [1.807, 2.05) is 47.3 Å². The average molecular weight is 639 g/mol. The third kappa shape index (κ3) is 5.09. The predicted octanol–water partition coefficient (Wildman–Crippen LogP) is 6.56. The second kappa shape index (κ2) is 11.7. The van der Waals surface area contributed by atoms with Gasteiger partial charge in [0, 0.05) is 50.7 Å². The zero-order valence-corrected chi connectivity index (χ0v) is 25.8. The first kappa shape index (κ1) is 29.6. The van der Waals surface area contributed by atoms with Gasteiger partial charge in [0.15, 0.2) is 0 Å². The largest absolute Gasteiger partial charge is 0.490 e. The molecule has 9 nitrogen and oxygen atoms in total. The molecule has 232 valence electrons. The van der Waals surface area contributed by atoms with E-state index in [2.05, 4.69) is 16.8 Å². The van der Waals surface area contributed by atoms with E-state index in [4.69, 9.17) is 14.8 Å². The molecule has 0 aliphatic carbocycles. The van der Waals surface area contributed by atoms with E-state index in [9.17, 15) is 14.3 Å². The Morgan fingerprint density at radius 2 is 1.91 bits per heavy atom. The Hall–Kier alpha value is -5.07. The smallest absolute Gasteiger partial charge is 0.246 e. The fourth-order valence-electron chi connectivity index (χ4n) is 5.96. The first-order valence-electron chi connectivity index (χ1n) is 14.7. The normalized spacial score (nSPS) is 15.2. The van der Waals surface area contributed by atoms with Crippen molar-refractivity contribution in [2.75, 3.05) is 13.2 Å². The third-order valence-electron chi connectivity index (χ3n) is 8.14. The van der Waals surface area contributed by atoms with Crippen LogP contribution in [0.15, 0.2) is 72.9 Å². The number of nitrogens with zero attached hydrogens (tertiary/aromatic N) is 6. The summed E-state index contributed by atoms with van der Waals surface area (Å²) in [5.74, 6) is -1.89. The van der Waals surface area contributed by atoms with Crippen molar-refractivity contribution in [1.82, 2.24) is 29.9 Å². The Bertz CT molecular complexity index is 2160. The van der Waals surface area contributed by atoms with Crippen LogP contribution < -0.4 is 4.74 Å². The van der Waals surface area contributed by atoms with Crippen molar-refractivity contribution < 1.29 is 23.4 Å². The van der Waals surface area contributed by atoms with E-state index in [1.165, 1.54) is 24.3 Å². The van der Waals surface area contributed by atoms with Gasteiger partial charge in [-0.2, -0.15) is 15.3 Å². The summed E-state index contributed by atoms with van der Waals surface area (Å²) in [4.78, 5) is 19.5. The van der Waals surface area contributed by atoms with Crippen LogP contribution in [0.5, 0.6) is 5.75 Å². The second-order valence-electron chi connectivity index (χ2n) is 11.2. The molecule has 0 bridgehead atoms. The van der Waals surface area contributed by atoms with Gasteiger partial charge in [-0.3, -0.25) is 9.48 Å². The number of carbonyl (C=O) groups is 1. The second-order valence-corrected chi connectivity index (χ2v) is 12.1. The maximum atomic E-state index is 16.0. The van der Waals surface area contributed by atoms with Gasteiger partial charge >= 0.3 is 0 Å². The highest BCUT2D eigenvalue weighted by molar-refractivity contribution is 7.18. The summed E-state index contributed by atoms with van der Waals surface area (Å²) >= 11 is 1.39. The Morgan fingerprint density at radius 1 is 1.11 bits per heavy atom. The number of ether oxygens (including phenoxy) is 1. The summed E-state index contributed by atoms with van der Waals surface area (Å²) in [6.07, 6.45) is 3.78. The number of aromatic nitrogens is 5. The zero-order chi connectivity index (χ0) is 32.1. The first-order chi connectivity index (χ1) is 22.2. The van der Waals surface area contributed by atoms with Gasteiger partial charge in [-0.1, -0.05) is 18.7 Å². The number of thiophene rings is 1. The Labute approximate surface area is 266 Å². The summed E-state index contributed by atoms with van der Waals surface area (Å²) in [5, 5.41) is 27.3. The first-order valence-corrected chi connectivity index (χ1v) is 15.5. The van der Waals surface area contributed by atoms with Crippen LogP contribution in [0.3, 0.4) is 0 Å². The van der Waals surface area contributed by atoms with E-state index in [-0.39, 0.29) is 29.9 Å². The van der Waals surface area contributed by atoms with Gasteiger partial charge in [0.2, 0.25) is 5.91 Å². The number of rotatable bonds is 7. The molecule has 7 rings (SSSR count). The molecule has 0 spiro atoms. The molecule has 2 unspecified atom stereocenters. The lowest BCUT2D eigenvalue weighted by molar-refractivity contribution is -0.129. The molecule has 0 saturated carbocycles. The number of carbonyl (C=O) groups excluding carboxylic acids is 1. The van der Waals surface area contributed by atoms with Crippen LogP contribution in [-0.2, 0) is 11.3 Å². The van der Waals surface area contributed by atoms with Crippen molar-refractivity contribution in [3.63, 3.8) is 0 Å². The summed E-state index contributed by atoms with van der Waals surface area (Å²) in [6, 6.07) is 11.3. The van der Waals surface area contributed by atoms with Crippen LogP contribution in [0.25, 0.3) is 54.6 Å². The number of aliphatic hydroxyl groups is 1. The van der Waals surface area contributed by atoms with E-state index in [1.54, 1.807) is 17.3 Å². The number of aliphatic hydroxyl groups excluding tert-OH is 1. The standard InChI is InChI=1S/C34H28F2N6O3S/c1-4-29(44)41-8-9-42-27(19(41)3)14-26(40-42)33-31(30-25(36)12-23(35)13-28(30)45-17-18(2)43)34-24(7-10-46-34)32(39-33)20-5-6-21-15-37-38-16-22(21)11-20/h4-7,10-16,18-19,43H,1,8-9,17H2,2-3H3. The summed E-state index contributed by atoms with van der Waals surface area (Å²) in [7, 11) is 0. The number of pyridine rings is 1. The minimum Gasteiger partial charge on any atom is -0.490 e. The highest BCUT2D eigenvalue weighted by atomic mass is 32.1. The fraction of sp³-hybridized carbons (Fsp3) is 0.206. The van der Waals surface area contributed by atoms with Crippen LogP contribution in [0.4, 0.5) is 8.78 Å². The molecule has 2 atom stereocenters. The van der Waals surface area contributed by atoms with Gasteiger partial charge in [-0.05, 0) is 43.5 Å². The number of amides is 1. The van der Waals surface area contributed by atoms with Gasteiger partial charge in [-0.15, -0.1) is 11.3 Å². The highest BCUT2D eigenvalue weighted by Gasteiger charge is 2.31. The third-order valence-corrected chi connectivity index (χ3v) is 9.07. The molecule has 1 aliphatic rings. The van der Waals surface area contributed by atoms with Crippen LogP contribution in [0.1, 0.15) is 25.6 Å². The van der Waals surface area contributed by atoms with Gasteiger partial charge in [0.1, 0.15) is 35.4 Å². The number of hydrogen-bond donors (Lipinski definition) is 1. The Morgan fingerprint density at radius 3 is 2.70 bits per heavy atom. The molecule has 2 aromatic carbocycles. The number of fused-ring (bicyclic) bond motifs is 3. The molecular formula is C34H28F2N6O3S. The number of hydrogen-bond acceptors (Lipinski definition) is 8. The Kier molecular flexibility index (Phi) is 7.53. The van der Waals surface area contributed by atoms with Gasteiger partial charge in [0.05, 0.1) is 48.0 Å². The topological polar surface area (TPSA) is 106 Å². The van der Waals surface area contributed by atoms with Crippen molar-refractivity contribution in [2.24, 2.45) is 0 Å². The maximum absolute atomic E-state index is 16.0. The summed E-state index contributed by atoms with van der Waals surface area (Å²) in [6.45, 7) is 7.80. The molecule has 46 heavy (non-hydrogen) atoms. The minimum absolute atomic E-state index is 0.0137. The Balaban J connectivity index is 1.51. The summed E-state index contributed by atoms with van der Waals surface area (Å²) < 4.78 is 39.0. The molecule has 5 heterocycles. The van der Waals surface area contributed by atoms with Crippen LogP contribution in [0, 0.1) is 11.6 Å².